The number of unbranched alkanes of at least 4 members (excludes halogenated alkanes) is 28. The fourth-order valence-electron chi connectivity index (χ4n) is 6.35. The molecule has 53 heavy (non-hydrogen) atoms. The number of rotatable bonds is 42. The van der Waals surface area contributed by atoms with E-state index in [-0.39, 0.29) is 19.4 Å². The highest BCUT2D eigenvalue weighted by Gasteiger charge is 2.27. The SMILES string of the molecule is CCCCCCCCCCCCCCCCCCCCCCCCC(=O)OC[C@H](COP(=O)(O)OC[C@H](O)CO)OC(=O)CCCCCCCCCC. The number of phosphoric acid groups is 1. The fraction of sp³-hybridized carbons (Fsp3) is 0.952. The van der Waals surface area contributed by atoms with Gasteiger partial charge in [0.2, 0.25) is 0 Å². The summed E-state index contributed by atoms with van der Waals surface area (Å²) in [5, 5.41) is 18.3. The fourth-order valence-corrected chi connectivity index (χ4v) is 7.14. The standard InChI is InChI=1S/C42H83O10P/c1-3-5-7-9-11-13-14-15-16-17-18-19-20-21-22-23-24-25-26-28-29-31-33-41(45)49-37-40(38-51-53(47,48)50-36-39(44)35-43)52-42(46)34-32-30-27-12-10-8-6-4-2/h39-40,43-44H,3-38H2,1-2H3,(H,47,48)/t39-,40-/m1/s1. The van der Waals surface area contributed by atoms with Crippen molar-refractivity contribution in [3.05, 3.63) is 0 Å². The molecule has 0 aliphatic heterocycles. The Kier molecular flexibility index (Phi) is 38.5. The lowest BCUT2D eigenvalue weighted by Crippen LogP contribution is -2.29. The van der Waals surface area contributed by atoms with Crippen LogP contribution in [0.25, 0.3) is 0 Å². The summed E-state index contributed by atoms with van der Waals surface area (Å²) in [6.45, 7) is 2.37. The van der Waals surface area contributed by atoms with Crippen molar-refractivity contribution in [2.75, 3.05) is 26.4 Å². The average molecular weight is 779 g/mol. The van der Waals surface area contributed by atoms with Gasteiger partial charge in [-0.3, -0.25) is 18.6 Å². The molecular formula is C42H83O10P. The number of carbonyl (C=O) groups is 2. The first-order valence-corrected chi connectivity index (χ1v) is 23.5. The highest BCUT2D eigenvalue weighted by atomic mass is 31.2. The Labute approximate surface area is 324 Å². The van der Waals surface area contributed by atoms with E-state index in [1.807, 2.05) is 0 Å². The summed E-state index contributed by atoms with van der Waals surface area (Å²) >= 11 is 0. The maximum atomic E-state index is 12.5. The van der Waals surface area contributed by atoms with Crippen LogP contribution in [0.3, 0.4) is 0 Å². The van der Waals surface area contributed by atoms with E-state index < -0.39 is 51.8 Å². The second-order valence-corrected chi connectivity index (χ2v) is 16.5. The van der Waals surface area contributed by atoms with Crippen LogP contribution in [0.15, 0.2) is 0 Å². The second kappa shape index (κ2) is 39.2. The molecule has 3 atom stereocenters. The van der Waals surface area contributed by atoms with Crippen LogP contribution >= 0.6 is 7.82 Å². The first kappa shape index (κ1) is 52.0. The van der Waals surface area contributed by atoms with Crippen LogP contribution in [0.1, 0.15) is 219 Å². The largest absolute Gasteiger partial charge is 0.472 e. The summed E-state index contributed by atoms with van der Waals surface area (Å²) in [5.41, 5.74) is 0. The Morgan fingerprint density at radius 3 is 1.17 bits per heavy atom. The lowest BCUT2D eigenvalue weighted by molar-refractivity contribution is -0.161. The van der Waals surface area contributed by atoms with E-state index in [4.69, 9.17) is 19.1 Å². The van der Waals surface area contributed by atoms with E-state index in [0.717, 1.165) is 32.1 Å². The van der Waals surface area contributed by atoms with Gasteiger partial charge in [-0.05, 0) is 12.8 Å². The molecule has 0 aromatic rings. The Hall–Kier alpha value is -1.03. The molecule has 0 amide bonds. The van der Waals surface area contributed by atoms with Gasteiger partial charge < -0.3 is 24.6 Å². The van der Waals surface area contributed by atoms with E-state index in [1.54, 1.807) is 0 Å². The highest BCUT2D eigenvalue weighted by Crippen LogP contribution is 2.43. The van der Waals surface area contributed by atoms with E-state index in [2.05, 4.69) is 18.4 Å². The summed E-state index contributed by atoms with van der Waals surface area (Å²) in [4.78, 5) is 34.8. The van der Waals surface area contributed by atoms with Gasteiger partial charge in [0, 0.05) is 12.8 Å². The zero-order valence-corrected chi connectivity index (χ0v) is 35.2. The molecule has 0 aromatic carbocycles. The molecule has 316 valence electrons. The van der Waals surface area contributed by atoms with Crippen molar-refractivity contribution in [2.45, 2.75) is 232 Å². The number of phosphoric ester groups is 1. The first-order chi connectivity index (χ1) is 25.7. The summed E-state index contributed by atoms with van der Waals surface area (Å²) < 4.78 is 32.6. The molecule has 0 saturated carbocycles. The molecule has 11 heteroatoms. The number of ether oxygens (including phenoxy) is 2. The summed E-state index contributed by atoms with van der Waals surface area (Å²) in [6, 6.07) is 0. The second-order valence-electron chi connectivity index (χ2n) is 15.1. The average Bonchev–Trinajstić information content (AvgIpc) is 3.14. The van der Waals surface area contributed by atoms with Gasteiger partial charge in [0.05, 0.1) is 19.8 Å². The Balaban J connectivity index is 4.04. The van der Waals surface area contributed by atoms with Crippen LogP contribution in [-0.4, -0.2) is 65.7 Å². The third-order valence-electron chi connectivity index (χ3n) is 9.76. The van der Waals surface area contributed by atoms with E-state index >= 15 is 0 Å². The van der Waals surface area contributed by atoms with Crippen LogP contribution in [0, 0.1) is 0 Å². The van der Waals surface area contributed by atoms with Crippen molar-refractivity contribution < 1.29 is 47.8 Å². The van der Waals surface area contributed by atoms with Gasteiger partial charge in [-0.25, -0.2) is 4.57 Å². The Bertz CT molecular complexity index is 858. The maximum Gasteiger partial charge on any atom is 0.472 e. The number of hydrogen-bond acceptors (Lipinski definition) is 9. The van der Waals surface area contributed by atoms with Gasteiger partial charge in [0.25, 0.3) is 0 Å². The molecule has 0 heterocycles. The lowest BCUT2D eigenvalue weighted by Gasteiger charge is -2.20. The van der Waals surface area contributed by atoms with Gasteiger partial charge in [-0.15, -0.1) is 0 Å². The van der Waals surface area contributed by atoms with Gasteiger partial charge >= 0.3 is 19.8 Å². The van der Waals surface area contributed by atoms with Crippen molar-refractivity contribution in [3.63, 3.8) is 0 Å². The van der Waals surface area contributed by atoms with Crippen molar-refractivity contribution in [2.24, 2.45) is 0 Å². The lowest BCUT2D eigenvalue weighted by atomic mass is 10.0. The van der Waals surface area contributed by atoms with Crippen molar-refractivity contribution in [1.29, 1.82) is 0 Å². The third-order valence-corrected chi connectivity index (χ3v) is 10.7. The van der Waals surface area contributed by atoms with Crippen molar-refractivity contribution >= 4 is 19.8 Å². The van der Waals surface area contributed by atoms with Crippen LogP contribution in [0.4, 0.5) is 0 Å². The number of carbonyl (C=O) groups excluding carboxylic acids is 2. The predicted molar refractivity (Wildman–Crippen MR) is 215 cm³/mol. The molecule has 10 nitrogen and oxygen atoms in total. The van der Waals surface area contributed by atoms with Crippen molar-refractivity contribution in [1.82, 2.24) is 0 Å². The molecule has 0 spiro atoms. The molecule has 0 saturated heterocycles. The van der Waals surface area contributed by atoms with Crippen molar-refractivity contribution in [3.8, 4) is 0 Å². The number of esters is 2. The highest BCUT2D eigenvalue weighted by molar-refractivity contribution is 7.47. The molecule has 0 bridgehead atoms. The predicted octanol–water partition coefficient (Wildman–Crippen LogP) is 11.5. The summed E-state index contributed by atoms with van der Waals surface area (Å²) in [7, 11) is -4.60. The van der Waals surface area contributed by atoms with Gasteiger partial charge in [0.15, 0.2) is 6.10 Å². The Morgan fingerprint density at radius 2 is 0.811 bits per heavy atom. The molecule has 0 aliphatic rings. The summed E-state index contributed by atoms with van der Waals surface area (Å²) in [5.74, 6) is -0.915. The topological polar surface area (TPSA) is 149 Å². The minimum atomic E-state index is -4.60. The maximum absolute atomic E-state index is 12.5. The van der Waals surface area contributed by atoms with E-state index in [0.29, 0.717) is 12.8 Å². The molecule has 3 N–H and O–H groups in total. The van der Waals surface area contributed by atoms with Crippen LogP contribution in [0.2, 0.25) is 0 Å². The number of aliphatic hydroxyl groups is 2. The Morgan fingerprint density at radius 1 is 0.491 bits per heavy atom. The molecule has 1 unspecified atom stereocenters. The van der Waals surface area contributed by atoms with E-state index in [9.17, 15) is 24.2 Å². The minimum Gasteiger partial charge on any atom is -0.462 e. The summed E-state index contributed by atoms with van der Waals surface area (Å²) in [6.07, 6.45) is 35.3. The normalized spacial score (nSPS) is 13.8. The number of hydrogen-bond donors (Lipinski definition) is 3. The molecule has 0 rings (SSSR count). The molecular weight excluding hydrogens is 695 g/mol. The molecule has 0 aromatic heterocycles. The van der Waals surface area contributed by atoms with Gasteiger partial charge in [-0.2, -0.15) is 0 Å². The first-order valence-electron chi connectivity index (χ1n) is 22.0. The van der Waals surface area contributed by atoms with Gasteiger partial charge in [0.1, 0.15) is 12.7 Å². The smallest absolute Gasteiger partial charge is 0.462 e. The molecule has 0 fully saturated rings. The zero-order chi connectivity index (χ0) is 39.1. The minimum absolute atomic E-state index is 0.189. The monoisotopic (exact) mass is 779 g/mol. The quantitative estimate of drug-likeness (QED) is 0.0310. The van der Waals surface area contributed by atoms with Crippen LogP contribution < -0.4 is 0 Å². The van der Waals surface area contributed by atoms with Gasteiger partial charge in [-0.1, -0.05) is 194 Å². The number of aliphatic hydroxyl groups excluding tert-OH is 2. The van der Waals surface area contributed by atoms with Crippen LogP contribution in [-0.2, 0) is 32.7 Å². The zero-order valence-electron chi connectivity index (χ0n) is 34.3. The molecule has 0 aliphatic carbocycles. The van der Waals surface area contributed by atoms with Crippen LogP contribution in [0.5, 0.6) is 0 Å². The molecule has 0 radical (unpaired) electrons. The van der Waals surface area contributed by atoms with E-state index in [1.165, 1.54) is 148 Å². The third kappa shape index (κ3) is 39.0.